The fraction of sp³-hybridized carbons (Fsp3) is 0.158. The molecule has 1 N–H and O–H groups in total. The van der Waals surface area contributed by atoms with Crippen LogP contribution in [0.3, 0.4) is 0 Å². The van der Waals surface area contributed by atoms with Gasteiger partial charge in [-0.2, -0.15) is 4.98 Å². The van der Waals surface area contributed by atoms with Crippen LogP contribution in [-0.4, -0.2) is 28.6 Å². The molecule has 3 aromatic rings. The van der Waals surface area contributed by atoms with Gasteiger partial charge in [-0.1, -0.05) is 24.3 Å². The zero-order valence-corrected chi connectivity index (χ0v) is 15.3. The Labute approximate surface area is 161 Å². The topological polar surface area (TPSA) is 109 Å². The van der Waals surface area contributed by atoms with Crippen LogP contribution in [0.25, 0.3) is 0 Å². The first-order chi connectivity index (χ1) is 13.6. The van der Waals surface area contributed by atoms with Crippen LogP contribution in [0.1, 0.15) is 6.92 Å². The molecule has 144 valence electrons. The monoisotopic (exact) mass is 382 g/mol. The maximum absolute atomic E-state index is 11.7. The molecular formula is C19H18N4O5. The number of nitro groups is 1. The quantitative estimate of drug-likeness (QED) is 0.453. The van der Waals surface area contributed by atoms with Crippen molar-refractivity contribution in [3.8, 4) is 23.1 Å². The lowest BCUT2D eigenvalue weighted by Gasteiger charge is -2.13. The van der Waals surface area contributed by atoms with E-state index in [0.29, 0.717) is 29.5 Å². The van der Waals surface area contributed by atoms with Crippen molar-refractivity contribution < 1.29 is 19.1 Å². The Morgan fingerprint density at radius 2 is 1.71 bits per heavy atom. The Morgan fingerprint density at radius 3 is 2.39 bits per heavy atom. The highest BCUT2D eigenvalue weighted by molar-refractivity contribution is 5.72. The lowest BCUT2D eigenvalue weighted by molar-refractivity contribution is -0.385. The van der Waals surface area contributed by atoms with E-state index in [4.69, 9.17) is 14.2 Å². The van der Waals surface area contributed by atoms with Gasteiger partial charge in [0.2, 0.25) is 5.82 Å². The first-order valence-electron chi connectivity index (χ1n) is 8.43. The lowest BCUT2D eigenvalue weighted by atomic mass is 10.3. The Bertz CT molecular complexity index is 980. The molecule has 9 nitrogen and oxygen atoms in total. The molecule has 0 unspecified atom stereocenters. The average molecular weight is 382 g/mol. The molecule has 0 aliphatic rings. The highest BCUT2D eigenvalue weighted by atomic mass is 16.6. The molecule has 0 atom stereocenters. The molecule has 0 spiro atoms. The number of anilines is 2. The minimum Gasteiger partial charge on any atom is -0.493 e. The van der Waals surface area contributed by atoms with Gasteiger partial charge in [0, 0.05) is 0 Å². The number of ether oxygens (including phenoxy) is 3. The Hall–Kier alpha value is -3.88. The number of para-hydroxylation sites is 4. The van der Waals surface area contributed by atoms with Gasteiger partial charge in [-0.15, -0.1) is 0 Å². The normalized spacial score (nSPS) is 10.2. The van der Waals surface area contributed by atoms with E-state index in [1.54, 1.807) is 48.5 Å². The number of nitrogens with zero attached hydrogens (tertiary/aromatic N) is 3. The number of aromatic nitrogens is 2. The second-order valence-corrected chi connectivity index (χ2v) is 5.44. The van der Waals surface area contributed by atoms with Crippen LogP contribution in [-0.2, 0) is 0 Å². The van der Waals surface area contributed by atoms with E-state index >= 15 is 0 Å². The van der Waals surface area contributed by atoms with Gasteiger partial charge in [-0.3, -0.25) is 10.1 Å². The molecule has 0 fully saturated rings. The van der Waals surface area contributed by atoms with Crippen molar-refractivity contribution in [1.82, 2.24) is 9.97 Å². The molecule has 1 aromatic heterocycles. The number of hydrogen-bond acceptors (Lipinski definition) is 8. The molecule has 0 aliphatic heterocycles. The summed E-state index contributed by atoms with van der Waals surface area (Å²) in [7, 11) is 1.48. The van der Waals surface area contributed by atoms with Crippen LogP contribution in [0.5, 0.6) is 23.1 Å². The van der Waals surface area contributed by atoms with Crippen molar-refractivity contribution >= 4 is 17.2 Å². The Kier molecular flexibility index (Phi) is 5.85. The molecule has 0 aliphatic carbocycles. The third-order valence-electron chi connectivity index (χ3n) is 3.69. The second kappa shape index (κ2) is 8.67. The van der Waals surface area contributed by atoms with Crippen molar-refractivity contribution in [2.24, 2.45) is 0 Å². The van der Waals surface area contributed by atoms with Crippen LogP contribution in [0, 0.1) is 10.1 Å². The standard InChI is InChI=1S/C19H18N4O5/c1-3-27-14-9-5-4-8-13(14)22-18-17(23(24)25)19(21-12-20-18)28-16-11-7-6-10-15(16)26-2/h4-12H,3H2,1-2H3,(H,20,21,22). The summed E-state index contributed by atoms with van der Waals surface area (Å²) in [6.45, 7) is 2.30. The van der Waals surface area contributed by atoms with Crippen LogP contribution in [0.15, 0.2) is 54.9 Å². The van der Waals surface area contributed by atoms with Gasteiger partial charge in [0.1, 0.15) is 12.1 Å². The smallest absolute Gasteiger partial charge is 0.373 e. The second-order valence-electron chi connectivity index (χ2n) is 5.44. The average Bonchev–Trinajstić information content (AvgIpc) is 2.70. The molecule has 0 radical (unpaired) electrons. The summed E-state index contributed by atoms with van der Waals surface area (Å²) in [5.74, 6) is 1.04. The van der Waals surface area contributed by atoms with Crippen molar-refractivity contribution in [2.75, 3.05) is 19.0 Å². The van der Waals surface area contributed by atoms with Gasteiger partial charge in [0.25, 0.3) is 0 Å². The van der Waals surface area contributed by atoms with Gasteiger partial charge in [0.15, 0.2) is 11.5 Å². The Morgan fingerprint density at radius 1 is 1.04 bits per heavy atom. The molecule has 9 heteroatoms. The summed E-state index contributed by atoms with van der Waals surface area (Å²) < 4.78 is 16.4. The first kappa shape index (κ1) is 18.9. The highest BCUT2D eigenvalue weighted by Crippen LogP contribution is 2.39. The van der Waals surface area contributed by atoms with Crippen molar-refractivity contribution in [1.29, 1.82) is 0 Å². The number of nitrogens with one attached hydrogen (secondary N) is 1. The first-order valence-corrected chi connectivity index (χ1v) is 8.43. The molecule has 3 rings (SSSR count). The third-order valence-corrected chi connectivity index (χ3v) is 3.69. The maximum Gasteiger partial charge on any atom is 0.373 e. The Balaban J connectivity index is 2.00. The predicted molar refractivity (Wildman–Crippen MR) is 103 cm³/mol. The maximum atomic E-state index is 11.7. The van der Waals surface area contributed by atoms with Gasteiger partial charge >= 0.3 is 11.6 Å². The molecule has 2 aromatic carbocycles. The van der Waals surface area contributed by atoms with E-state index in [1.807, 2.05) is 6.92 Å². The van der Waals surface area contributed by atoms with Crippen molar-refractivity contribution in [2.45, 2.75) is 6.92 Å². The fourth-order valence-corrected chi connectivity index (χ4v) is 2.48. The molecule has 28 heavy (non-hydrogen) atoms. The van der Waals surface area contributed by atoms with Crippen LogP contribution in [0.2, 0.25) is 0 Å². The van der Waals surface area contributed by atoms with Crippen LogP contribution < -0.4 is 19.5 Å². The van der Waals surface area contributed by atoms with Crippen molar-refractivity contribution in [3.05, 3.63) is 65.0 Å². The zero-order valence-electron chi connectivity index (χ0n) is 15.3. The number of methoxy groups -OCH3 is 1. The number of benzene rings is 2. The molecular weight excluding hydrogens is 364 g/mol. The lowest BCUT2D eigenvalue weighted by Crippen LogP contribution is -2.05. The third kappa shape index (κ3) is 4.09. The molecule has 0 saturated carbocycles. The molecule has 1 heterocycles. The van der Waals surface area contributed by atoms with E-state index in [2.05, 4.69) is 15.3 Å². The predicted octanol–water partition coefficient (Wildman–Crippen LogP) is 4.33. The number of rotatable bonds is 8. The van der Waals surface area contributed by atoms with Gasteiger partial charge in [-0.25, -0.2) is 4.98 Å². The highest BCUT2D eigenvalue weighted by Gasteiger charge is 2.26. The van der Waals surface area contributed by atoms with E-state index in [1.165, 1.54) is 13.4 Å². The van der Waals surface area contributed by atoms with Gasteiger partial charge in [0.05, 0.1) is 24.3 Å². The van der Waals surface area contributed by atoms with Gasteiger partial charge < -0.3 is 19.5 Å². The summed E-state index contributed by atoms with van der Waals surface area (Å²) in [5, 5.41) is 14.7. The molecule has 0 amide bonds. The largest absolute Gasteiger partial charge is 0.493 e. The van der Waals surface area contributed by atoms with E-state index in [9.17, 15) is 10.1 Å². The molecule has 0 bridgehead atoms. The minimum absolute atomic E-state index is 0.0166. The van der Waals surface area contributed by atoms with Crippen molar-refractivity contribution in [3.63, 3.8) is 0 Å². The fourth-order valence-electron chi connectivity index (χ4n) is 2.48. The molecule has 0 saturated heterocycles. The number of hydrogen-bond donors (Lipinski definition) is 1. The zero-order chi connectivity index (χ0) is 19.9. The van der Waals surface area contributed by atoms with Crippen LogP contribution >= 0.6 is 0 Å². The van der Waals surface area contributed by atoms with E-state index < -0.39 is 10.6 Å². The summed E-state index contributed by atoms with van der Waals surface area (Å²) in [6, 6.07) is 13.9. The van der Waals surface area contributed by atoms with Crippen LogP contribution in [0.4, 0.5) is 17.2 Å². The van der Waals surface area contributed by atoms with E-state index in [0.717, 1.165) is 0 Å². The summed E-state index contributed by atoms with van der Waals surface area (Å²) in [6.07, 6.45) is 1.18. The van der Waals surface area contributed by atoms with Gasteiger partial charge in [-0.05, 0) is 31.2 Å². The summed E-state index contributed by atoms with van der Waals surface area (Å²) >= 11 is 0. The van der Waals surface area contributed by atoms with E-state index in [-0.39, 0.29) is 11.7 Å². The SMILES string of the molecule is CCOc1ccccc1Nc1ncnc(Oc2ccccc2OC)c1[N+](=O)[O-]. The minimum atomic E-state index is -0.601. The summed E-state index contributed by atoms with van der Waals surface area (Å²) in [5.41, 5.74) is 0.133. The summed E-state index contributed by atoms with van der Waals surface area (Å²) in [4.78, 5) is 19.1.